The van der Waals surface area contributed by atoms with Gasteiger partial charge < -0.3 is 5.32 Å². The van der Waals surface area contributed by atoms with Crippen molar-refractivity contribution in [1.82, 2.24) is 4.72 Å². The Morgan fingerprint density at radius 2 is 1.81 bits per heavy atom. The van der Waals surface area contributed by atoms with Crippen molar-refractivity contribution >= 4 is 64.8 Å². The summed E-state index contributed by atoms with van der Waals surface area (Å²) in [5, 5.41) is 2.71. The van der Waals surface area contributed by atoms with Crippen molar-refractivity contribution in [2.45, 2.75) is 4.90 Å². The Labute approximate surface area is 143 Å². The fourth-order valence-corrected chi connectivity index (χ4v) is 5.05. The lowest BCUT2D eigenvalue weighted by Gasteiger charge is -2.06. The number of hydrogen-bond donors (Lipinski definition) is 2. The summed E-state index contributed by atoms with van der Waals surface area (Å²) in [4.78, 5) is 12.2. The van der Waals surface area contributed by atoms with E-state index in [1.807, 2.05) is 0 Å². The first kappa shape index (κ1) is 16.6. The summed E-state index contributed by atoms with van der Waals surface area (Å²) in [6, 6.07) is 7.65. The van der Waals surface area contributed by atoms with Gasteiger partial charge in [0.1, 0.15) is 0 Å². The van der Waals surface area contributed by atoms with Gasteiger partial charge in [0.15, 0.2) is 0 Å². The summed E-state index contributed by atoms with van der Waals surface area (Å²) in [5.74, 6) is -0.270. The highest BCUT2D eigenvalue weighted by atomic mass is 79.9. The standard InChI is InChI=1S/C12H10Br2N2O3S2/c1-15-21(18,19)8-4-2-7(3-5-8)16-12(17)9-6-10(13)20-11(9)14/h2-6,15H,1H3,(H,16,17). The first-order chi connectivity index (χ1) is 9.83. The lowest BCUT2D eigenvalue weighted by Crippen LogP contribution is -2.18. The molecule has 0 aliphatic heterocycles. The number of benzene rings is 1. The van der Waals surface area contributed by atoms with Gasteiger partial charge in [0.05, 0.1) is 18.0 Å². The van der Waals surface area contributed by atoms with Crippen LogP contribution in [0.2, 0.25) is 0 Å². The van der Waals surface area contributed by atoms with Crippen LogP contribution in [0.5, 0.6) is 0 Å². The highest BCUT2D eigenvalue weighted by molar-refractivity contribution is 9.12. The number of rotatable bonds is 4. The summed E-state index contributed by atoms with van der Waals surface area (Å²) in [6.07, 6.45) is 0. The summed E-state index contributed by atoms with van der Waals surface area (Å²) in [5.41, 5.74) is 1.03. The van der Waals surface area contributed by atoms with Crippen LogP contribution < -0.4 is 10.0 Å². The first-order valence-corrected chi connectivity index (χ1v) is 9.52. The van der Waals surface area contributed by atoms with Gasteiger partial charge in [-0.1, -0.05) is 0 Å². The topological polar surface area (TPSA) is 75.3 Å². The Morgan fingerprint density at radius 1 is 1.19 bits per heavy atom. The van der Waals surface area contributed by atoms with Gasteiger partial charge in [0.2, 0.25) is 10.0 Å². The number of nitrogens with one attached hydrogen (secondary N) is 2. The van der Waals surface area contributed by atoms with E-state index in [2.05, 4.69) is 41.9 Å². The lowest BCUT2D eigenvalue weighted by molar-refractivity contribution is 0.102. The molecule has 0 radical (unpaired) electrons. The van der Waals surface area contributed by atoms with Crippen molar-refractivity contribution in [3.05, 3.63) is 43.5 Å². The van der Waals surface area contributed by atoms with Crippen LogP contribution in [0, 0.1) is 0 Å². The molecule has 1 aromatic heterocycles. The summed E-state index contributed by atoms with van der Waals surface area (Å²) < 4.78 is 27.0. The van der Waals surface area contributed by atoms with E-state index >= 15 is 0 Å². The number of carbonyl (C=O) groups excluding carboxylic acids is 1. The maximum atomic E-state index is 12.1. The van der Waals surface area contributed by atoms with Crippen molar-refractivity contribution < 1.29 is 13.2 Å². The fraction of sp³-hybridized carbons (Fsp3) is 0.0833. The zero-order valence-corrected chi connectivity index (χ0v) is 15.5. The minimum atomic E-state index is -3.47. The van der Waals surface area contributed by atoms with E-state index in [0.29, 0.717) is 11.3 Å². The minimum Gasteiger partial charge on any atom is -0.322 e. The van der Waals surface area contributed by atoms with Crippen molar-refractivity contribution in [3.63, 3.8) is 0 Å². The molecule has 2 rings (SSSR count). The lowest BCUT2D eigenvalue weighted by atomic mass is 10.3. The maximum Gasteiger partial charge on any atom is 0.257 e. The van der Waals surface area contributed by atoms with E-state index < -0.39 is 10.0 Å². The minimum absolute atomic E-state index is 0.141. The van der Waals surface area contributed by atoms with Crippen molar-refractivity contribution in [2.75, 3.05) is 12.4 Å². The van der Waals surface area contributed by atoms with Gasteiger partial charge in [0.25, 0.3) is 5.91 Å². The second-order valence-corrected chi connectivity index (χ2v) is 9.56. The molecule has 5 nitrogen and oxygen atoms in total. The van der Waals surface area contributed by atoms with E-state index in [4.69, 9.17) is 0 Å². The molecule has 0 saturated carbocycles. The monoisotopic (exact) mass is 452 g/mol. The number of anilines is 1. The van der Waals surface area contributed by atoms with Crippen LogP contribution in [0.4, 0.5) is 5.69 Å². The normalized spacial score (nSPS) is 11.4. The molecule has 1 aromatic carbocycles. The highest BCUT2D eigenvalue weighted by Gasteiger charge is 2.15. The van der Waals surface area contributed by atoms with Crippen LogP contribution in [0.3, 0.4) is 0 Å². The Hall–Kier alpha value is -0.740. The molecule has 1 heterocycles. The Balaban J connectivity index is 2.18. The second-order valence-electron chi connectivity index (χ2n) is 3.92. The molecule has 0 aliphatic rings. The third-order valence-corrected chi connectivity index (χ3v) is 6.36. The molecule has 2 N–H and O–H groups in total. The van der Waals surface area contributed by atoms with E-state index in [-0.39, 0.29) is 10.8 Å². The van der Waals surface area contributed by atoms with Crippen LogP contribution in [-0.4, -0.2) is 21.4 Å². The van der Waals surface area contributed by atoms with Crippen LogP contribution >= 0.6 is 43.2 Å². The molecule has 21 heavy (non-hydrogen) atoms. The molecule has 0 spiro atoms. The number of hydrogen-bond acceptors (Lipinski definition) is 4. The molecule has 9 heteroatoms. The Morgan fingerprint density at radius 3 is 2.29 bits per heavy atom. The molecule has 0 fully saturated rings. The molecule has 0 aliphatic carbocycles. The first-order valence-electron chi connectivity index (χ1n) is 5.63. The van der Waals surface area contributed by atoms with Gasteiger partial charge in [-0.05, 0) is 69.2 Å². The molecule has 2 aromatic rings. The smallest absolute Gasteiger partial charge is 0.257 e. The van der Waals surface area contributed by atoms with Gasteiger partial charge in [-0.25, -0.2) is 13.1 Å². The zero-order chi connectivity index (χ0) is 15.6. The number of amides is 1. The average molecular weight is 454 g/mol. The fourth-order valence-electron chi connectivity index (χ4n) is 1.53. The van der Waals surface area contributed by atoms with Crippen LogP contribution in [0.25, 0.3) is 0 Å². The van der Waals surface area contributed by atoms with Gasteiger partial charge in [-0.15, -0.1) is 11.3 Å². The average Bonchev–Trinajstić information content (AvgIpc) is 2.78. The van der Waals surface area contributed by atoms with E-state index in [0.717, 1.165) is 7.57 Å². The van der Waals surface area contributed by atoms with Gasteiger partial charge >= 0.3 is 0 Å². The summed E-state index contributed by atoms with van der Waals surface area (Å²) >= 11 is 8.03. The summed E-state index contributed by atoms with van der Waals surface area (Å²) in [7, 11) is -2.13. The SMILES string of the molecule is CNS(=O)(=O)c1ccc(NC(=O)c2cc(Br)sc2Br)cc1. The third-order valence-electron chi connectivity index (χ3n) is 2.59. The molecular weight excluding hydrogens is 444 g/mol. The molecule has 0 atom stereocenters. The van der Waals surface area contributed by atoms with Crippen LogP contribution in [-0.2, 0) is 10.0 Å². The van der Waals surface area contributed by atoms with Gasteiger partial charge in [-0.2, -0.15) is 0 Å². The number of thiophene rings is 1. The molecule has 0 saturated heterocycles. The van der Waals surface area contributed by atoms with Crippen LogP contribution in [0.1, 0.15) is 10.4 Å². The second kappa shape index (κ2) is 6.57. The Kier molecular flexibility index (Phi) is 5.20. The molecule has 0 bridgehead atoms. The summed E-state index contributed by atoms with van der Waals surface area (Å²) in [6.45, 7) is 0. The van der Waals surface area contributed by atoms with Crippen molar-refractivity contribution in [3.8, 4) is 0 Å². The quantitative estimate of drug-likeness (QED) is 0.744. The van der Waals surface area contributed by atoms with Crippen molar-refractivity contribution in [1.29, 1.82) is 0 Å². The van der Waals surface area contributed by atoms with Gasteiger partial charge in [0, 0.05) is 5.69 Å². The van der Waals surface area contributed by atoms with E-state index in [1.54, 1.807) is 6.07 Å². The highest BCUT2D eigenvalue weighted by Crippen LogP contribution is 2.32. The third kappa shape index (κ3) is 3.92. The van der Waals surface area contributed by atoms with Gasteiger partial charge in [-0.3, -0.25) is 4.79 Å². The van der Waals surface area contributed by atoms with Crippen molar-refractivity contribution in [2.24, 2.45) is 0 Å². The molecule has 1 amide bonds. The number of sulfonamides is 1. The number of carbonyl (C=O) groups is 1. The molecule has 0 unspecified atom stereocenters. The predicted octanol–water partition coefficient (Wildman–Crippen LogP) is 3.43. The number of halogens is 2. The van der Waals surface area contributed by atoms with E-state index in [9.17, 15) is 13.2 Å². The maximum absolute atomic E-state index is 12.1. The van der Waals surface area contributed by atoms with Crippen LogP contribution in [0.15, 0.2) is 42.8 Å². The zero-order valence-electron chi connectivity index (χ0n) is 10.7. The van der Waals surface area contributed by atoms with E-state index in [1.165, 1.54) is 42.6 Å². The molecule has 112 valence electrons. The predicted molar refractivity (Wildman–Crippen MR) is 90.4 cm³/mol. The molecular formula is C12H10Br2N2O3S2. The Bertz CT molecular complexity index is 770. The largest absolute Gasteiger partial charge is 0.322 e.